The molecular formula is C19H23N5O2. The maximum absolute atomic E-state index is 12.4. The van der Waals surface area contributed by atoms with Crippen molar-refractivity contribution in [2.24, 2.45) is 0 Å². The fourth-order valence-corrected chi connectivity index (χ4v) is 2.96. The molecule has 1 fully saturated rings. The Bertz CT molecular complexity index is 793. The number of nitrogens with one attached hydrogen (secondary N) is 2. The van der Waals surface area contributed by atoms with Crippen molar-refractivity contribution < 1.29 is 9.59 Å². The first-order chi connectivity index (χ1) is 12.6. The molecule has 0 aliphatic carbocycles. The van der Waals surface area contributed by atoms with Crippen molar-refractivity contribution in [3.8, 4) is 11.1 Å². The van der Waals surface area contributed by atoms with Gasteiger partial charge in [0.05, 0.1) is 6.54 Å². The van der Waals surface area contributed by atoms with Gasteiger partial charge in [0.25, 0.3) is 5.91 Å². The number of aromatic nitrogens is 1. The highest BCUT2D eigenvalue weighted by atomic mass is 16.2. The minimum Gasteiger partial charge on any atom is -0.398 e. The molecule has 0 radical (unpaired) electrons. The molecule has 1 saturated heterocycles. The van der Waals surface area contributed by atoms with Gasteiger partial charge in [-0.3, -0.25) is 19.5 Å². The molecule has 2 amide bonds. The lowest BCUT2D eigenvalue weighted by Gasteiger charge is -2.26. The van der Waals surface area contributed by atoms with Crippen LogP contribution in [0.5, 0.6) is 0 Å². The van der Waals surface area contributed by atoms with Gasteiger partial charge >= 0.3 is 0 Å². The number of hydrogen-bond acceptors (Lipinski definition) is 5. The highest BCUT2D eigenvalue weighted by Gasteiger charge is 2.15. The third-order valence-corrected chi connectivity index (χ3v) is 4.34. The van der Waals surface area contributed by atoms with Crippen LogP contribution in [0.2, 0.25) is 0 Å². The smallest absolute Gasteiger partial charge is 0.251 e. The van der Waals surface area contributed by atoms with Crippen LogP contribution in [0.25, 0.3) is 11.1 Å². The van der Waals surface area contributed by atoms with Gasteiger partial charge in [0, 0.05) is 55.4 Å². The lowest BCUT2D eigenvalue weighted by atomic mass is 10.0. The van der Waals surface area contributed by atoms with Crippen LogP contribution in [0, 0.1) is 0 Å². The summed E-state index contributed by atoms with van der Waals surface area (Å²) in [6, 6.07) is 9.08. The number of amides is 2. The number of carbonyl (C=O) groups excluding carboxylic acids is 2. The summed E-state index contributed by atoms with van der Waals surface area (Å²) in [5, 5.41) is 5.73. The lowest BCUT2D eigenvalue weighted by Crippen LogP contribution is -2.48. The Labute approximate surface area is 152 Å². The Morgan fingerprint density at radius 2 is 2.23 bits per heavy atom. The Balaban J connectivity index is 1.53. The number of nitrogens with two attached hydrogens (primary N) is 1. The zero-order chi connectivity index (χ0) is 18.4. The van der Waals surface area contributed by atoms with Crippen molar-refractivity contribution >= 4 is 17.5 Å². The molecule has 1 aliphatic heterocycles. The first-order valence-electron chi connectivity index (χ1n) is 8.70. The van der Waals surface area contributed by atoms with Gasteiger partial charge in [0.2, 0.25) is 5.91 Å². The fraction of sp³-hybridized carbons (Fsp3) is 0.316. The van der Waals surface area contributed by atoms with Crippen LogP contribution in [0.4, 0.5) is 5.69 Å². The van der Waals surface area contributed by atoms with E-state index in [9.17, 15) is 9.59 Å². The standard InChI is InChI=1S/C19H23N5O2/c20-17-5-7-21-12-16(17)14-3-1-4-15(11-14)19(26)23-6-2-9-24-10-8-22-18(25)13-24/h1,3-5,7,11-12H,2,6,8-10,13H2,(H2,20,21)(H,22,25)(H,23,26). The van der Waals surface area contributed by atoms with Gasteiger partial charge in [0.1, 0.15) is 0 Å². The van der Waals surface area contributed by atoms with Gasteiger partial charge in [0.15, 0.2) is 0 Å². The number of benzene rings is 1. The molecule has 7 heteroatoms. The molecule has 3 rings (SSSR count). The maximum Gasteiger partial charge on any atom is 0.251 e. The third kappa shape index (κ3) is 4.58. The second kappa shape index (κ2) is 8.44. The molecule has 2 heterocycles. The number of hydrogen-bond donors (Lipinski definition) is 3. The number of nitrogen functional groups attached to an aromatic ring is 1. The quantitative estimate of drug-likeness (QED) is 0.670. The molecule has 1 aromatic heterocycles. The summed E-state index contributed by atoms with van der Waals surface area (Å²) < 4.78 is 0. The molecule has 2 aromatic rings. The van der Waals surface area contributed by atoms with E-state index in [4.69, 9.17) is 5.73 Å². The predicted molar refractivity (Wildman–Crippen MR) is 100 cm³/mol. The van der Waals surface area contributed by atoms with E-state index in [1.54, 1.807) is 24.5 Å². The summed E-state index contributed by atoms with van der Waals surface area (Å²) in [6.07, 6.45) is 4.14. The second-order valence-electron chi connectivity index (χ2n) is 6.28. The zero-order valence-corrected chi connectivity index (χ0v) is 14.6. The van der Waals surface area contributed by atoms with E-state index in [2.05, 4.69) is 20.5 Å². The molecular weight excluding hydrogens is 330 g/mol. The van der Waals surface area contributed by atoms with Crippen LogP contribution in [0.15, 0.2) is 42.7 Å². The molecule has 7 nitrogen and oxygen atoms in total. The molecule has 1 aliphatic rings. The van der Waals surface area contributed by atoms with Gasteiger partial charge < -0.3 is 16.4 Å². The molecule has 0 spiro atoms. The van der Waals surface area contributed by atoms with E-state index in [1.807, 2.05) is 18.2 Å². The van der Waals surface area contributed by atoms with E-state index in [-0.39, 0.29) is 11.8 Å². The zero-order valence-electron chi connectivity index (χ0n) is 14.6. The predicted octanol–water partition coefficient (Wildman–Crippen LogP) is 0.883. The first kappa shape index (κ1) is 17.9. The van der Waals surface area contributed by atoms with Crippen molar-refractivity contribution in [2.45, 2.75) is 6.42 Å². The number of rotatable bonds is 6. The van der Waals surface area contributed by atoms with Crippen LogP contribution in [0.3, 0.4) is 0 Å². The number of anilines is 1. The van der Waals surface area contributed by atoms with Gasteiger partial charge in [-0.25, -0.2) is 0 Å². The van der Waals surface area contributed by atoms with E-state index in [0.29, 0.717) is 30.9 Å². The van der Waals surface area contributed by atoms with Crippen LogP contribution in [0.1, 0.15) is 16.8 Å². The average Bonchev–Trinajstić information content (AvgIpc) is 2.65. The first-order valence-corrected chi connectivity index (χ1v) is 8.70. The summed E-state index contributed by atoms with van der Waals surface area (Å²) in [7, 11) is 0. The number of pyridine rings is 1. The van der Waals surface area contributed by atoms with Gasteiger partial charge in [-0.2, -0.15) is 0 Å². The van der Waals surface area contributed by atoms with Crippen LogP contribution >= 0.6 is 0 Å². The third-order valence-electron chi connectivity index (χ3n) is 4.34. The van der Waals surface area contributed by atoms with Crippen LogP contribution in [-0.2, 0) is 4.79 Å². The summed E-state index contributed by atoms with van der Waals surface area (Å²) in [6.45, 7) is 3.34. The molecule has 0 saturated carbocycles. The normalized spacial score (nSPS) is 14.7. The van der Waals surface area contributed by atoms with Crippen molar-refractivity contribution in [3.63, 3.8) is 0 Å². The topological polar surface area (TPSA) is 100 Å². The molecule has 0 atom stereocenters. The second-order valence-corrected chi connectivity index (χ2v) is 6.28. The minimum absolute atomic E-state index is 0.0618. The number of piperazine rings is 1. The van der Waals surface area contributed by atoms with Gasteiger partial charge in [-0.15, -0.1) is 0 Å². The summed E-state index contributed by atoms with van der Waals surface area (Å²) in [5.41, 5.74) is 8.87. The number of carbonyl (C=O) groups is 2. The Morgan fingerprint density at radius 3 is 3.04 bits per heavy atom. The van der Waals surface area contributed by atoms with E-state index in [0.717, 1.165) is 30.6 Å². The SMILES string of the molecule is Nc1ccncc1-c1cccc(C(=O)NCCCN2CCNC(=O)C2)c1. The Morgan fingerprint density at radius 1 is 1.35 bits per heavy atom. The molecule has 0 bridgehead atoms. The largest absolute Gasteiger partial charge is 0.398 e. The summed E-state index contributed by atoms with van der Waals surface area (Å²) in [4.78, 5) is 29.9. The van der Waals surface area contributed by atoms with E-state index >= 15 is 0 Å². The van der Waals surface area contributed by atoms with Gasteiger partial charge in [-0.05, 0) is 30.2 Å². The maximum atomic E-state index is 12.4. The van der Waals surface area contributed by atoms with E-state index < -0.39 is 0 Å². The van der Waals surface area contributed by atoms with Crippen molar-refractivity contribution in [1.82, 2.24) is 20.5 Å². The molecule has 0 unspecified atom stereocenters. The number of nitrogens with zero attached hydrogens (tertiary/aromatic N) is 2. The molecule has 1 aromatic carbocycles. The highest BCUT2D eigenvalue weighted by Crippen LogP contribution is 2.25. The fourth-order valence-electron chi connectivity index (χ4n) is 2.96. The molecule has 136 valence electrons. The lowest BCUT2D eigenvalue weighted by molar-refractivity contribution is -0.124. The Kier molecular flexibility index (Phi) is 5.80. The van der Waals surface area contributed by atoms with Gasteiger partial charge in [-0.1, -0.05) is 12.1 Å². The summed E-state index contributed by atoms with van der Waals surface area (Å²) >= 11 is 0. The highest BCUT2D eigenvalue weighted by molar-refractivity contribution is 5.95. The van der Waals surface area contributed by atoms with Crippen molar-refractivity contribution in [3.05, 3.63) is 48.3 Å². The molecule has 26 heavy (non-hydrogen) atoms. The average molecular weight is 353 g/mol. The van der Waals surface area contributed by atoms with Crippen LogP contribution in [-0.4, -0.2) is 54.4 Å². The minimum atomic E-state index is -0.120. The van der Waals surface area contributed by atoms with Crippen molar-refractivity contribution in [2.75, 3.05) is 38.5 Å². The molecule has 4 N–H and O–H groups in total. The Hall–Kier alpha value is -2.93. The van der Waals surface area contributed by atoms with Crippen molar-refractivity contribution in [1.29, 1.82) is 0 Å². The van der Waals surface area contributed by atoms with E-state index in [1.165, 1.54) is 0 Å². The monoisotopic (exact) mass is 353 g/mol. The summed E-state index contributed by atoms with van der Waals surface area (Å²) in [5.74, 6) is -0.0579. The van der Waals surface area contributed by atoms with Crippen LogP contribution < -0.4 is 16.4 Å².